The van der Waals surface area contributed by atoms with Gasteiger partial charge in [-0.25, -0.2) is 0 Å². The van der Waals surface area contributed by atoms with E-state index in [0.717, 1.165) is 0 Å². The zero-order valence-corrected chi connectivity index (χ0v) is 5.15. The molecule has 0 amide bonds. The highest BCUT2D eigenvalue weighted by atomic mass is 15.3. The standard InChI is InChI=1S/C6H11N/c1-5-6(2,3)7(5)4/h1H2,2-4H3. The van der Waals surface area contributed by atoms with Gasteiger partial charge in [0.2, 0.25) is 0 Å². The third-order valence-electron chi connectivity index (χ3n) is 1.90. The summed E-state index contributed by atoms with van der Waals surface area (Å²) in [6, 6.07) is 0. The molecule has 0 unspecified atom stereocenters. The predicted octanol–water partition coefficient (Wildman–Crippen LogP) is 1.22. The van der Waals surface area contributed by atoms with Gasteiger partial charge in [0.05, 0.1) is 5.54 Å². The van der Waals surface area contributed by atoms with Crippen molar-refractivity contribution in [3.8, 4) is 0 Å². The first-order chi connectivity index (χ1) is 3.07. The van der Waals surface area contributed by atoms with Crippen molar-refractivity contribution in [3.05, 3.63) is 12.3 Å². The molecule has 1 aliphatic heterocycles. The second kappa shape index (κ2) is 0.857. The summed E-state index contributed by atoms with van der Waals surface area (Å²) in [6.45, 7) is 8.15. The fourth-order valence-electron chi connectivity index (χ4n) is 0.662. The van der Waals surface area contributed by atoms with Crippen LogP contribution >= 0.6 is 0 Å². The van der Waals surface area contributed by atoms with Gasteiger partial charge in [-0.05, 0) is 13.8 Å². The molecule has 0 aromatic rings. The summed E-state index contributed by atoms with van der Waals surface area (Å²) in [4.78, 5) is 2.16. The van der Waals surface area contributed by atoms with Crippen molar-refractivity contribution >= 4 is 0 Å². The third-order valence-corrected chi connectivity index (χ3v) is 1.90. The summed E-state index contributed by atoms with van der Waals surface area (Å²) in [5.41, 5.74) is 1.55. The molecule has 0 radical (unpaired) electrons. The molecule has 1 saturated heterocycles. The zero-order valence-electron chi connectivity index (χ0n) is 5.15. The van der Waals surface area contributed by atoms with Crippen LogP contribution in [0.2, 0.25) is 0 Å². The fraction of sp³-hybridized carbons (Fsp3) is 0.667. The van der Waals surface area contributed by atoms with E-state index in [1.807, 2.05) is 0 Å². The first-order valence-electron chi connectivity index (χ1n) is 2.50. The van der Waals surface area contributed by atoms with Gasteiger partial charge in [-0.15, -0.1) is 0 Å². The lowest BCUT2D eigenvalue weighted by Crippen LogP contribution is -2.02. The summed E-state index contributed by atoms with van der Waals surface area (Å²) in [7, 11) is 2.06. The Bertz CT molecular complexity index is 113. The Morgan fingerprint density at radius 3 is 1.71 bits per heavy atom. The van der Waals surface area contributed by atoms with Gasteiger partial charge < -0.3 is 4.90 Å². The highest BCUT2D eigenvalue weighted by Crippen LogP contribution is 2.40. The van der Waals surface area contributed by atoms with E-state index >= 15 is 0 Å². The minimum atomic E-state index is 0.306. The van der Waals surface area contributed by atoms with Crippen molar-refractivity contribution in [3.63, 3.8) is 0 Å². The van der Waals surface area contributed by atoms with E-state index in [-0.39, 0.29) is 0 Å². The van der Waals surface area contributed by atoms with E-state index in [1.54, 1.807) is 0 Å². The molecule has 0 saturated carbocycles. The summed E-state index contributed by atoms with van der Waals surface area (Å²) in [5.74, 6) is 0. The molecule has 1 heterocycles. The monoisotopic (exact) mass is 97.1 g/mol. The number of likely N-dealkylation sites (N-methyl/N-ethyl adjacent to an activating group) is 1. The number of hydrogen-bond donors (Lipinski definition) is 0. The van der Waals surface area contributed by atoms with Gasteiger partial charge in [0.25, 0.3) is 0 Å². The van der Waals surface area contributed by atoms with Gasteiger partial charge in [0.15, 0.2) is 0 Å². The van der Waals surface area contributed by atoms with Gasteiger partial charge in [0.1, 0.15) is 0 Å². The van der Waals surface area contributed by atoms with Crippen LogP contribution in [0, 0.1) is 0 Å². The predicted molar refractivity (Wildman–Crippen MR) is 31.0 cm³/mol. The molecule has 0 aromatic carbocycles. The maximum atomic E-state index is 3.83. The zero-order chi connectivity index (χ0) is 5.65. The minimum Gasteiger partial charge on any atom is -0.366 e. The highest BCUT2D eigenvalue weighted by molar-refractivity contribution is 5.29. The Labute approximate surface area is 44.6 Å². The first-order valence-corrected chi connectivity index (χ1v) is 2.50. The van der Waals surface area contributed by atoms with E-state index in [1.165, 1.54) is 5.70 Å². The van der Waals surface area contributed by atoms with Crippen LogP contribution in [0.25, 0.3) is 0 Å². The molecular formula is C6H11N. The molecule has 0 spiro atoms. The van der Waals surface area contributed by atoms with Crippen molar-refractivity contribution in [2.24, 2.45) is 0 Å². The molecule has 40 valence electrons. The van der Waals surface area contributed by atoms with Gasteiger partial charge in [0, 0.05) is 12.7 Å². The van der Waals surface area contributed by atoms with Gasteiger partial charge in [-0.2, -0.15) is 0 Å². The molecule has 1 nitrogen and oxygen atoms in total. The minimum absolute atomic E-state index is 0.306. The normalized spacial score (nSPS) is 25.6. The summed E-state index contributed by atoms with van der Waals surface area (Å²) < 4.78 is 0. The Kier molecular flexibility index (Phi) is 0.575. The molecule has 1 heteroatoms. The quantitative estimate of drug-likeness (QED) is 0.411. The molecule has 0 aromatic heterocycles. The maximum Gasteiger partial charge on any atom is 0.0733 e. The lowest BCUT2D eigenvalue weighted by atomic mass is 10.2. The van der Waals surface area contributed by atoms with Crippen LogP contribution in [0.1, 0.15) is 13.8 Å². The first kappa shape index (κ1) is 4.69. The SMILES string of the molecule is C=C1N(C)C1(C)C. The largest absolute Gasteiger partial charge is 0.366 e. The molecule has 0 bridgehead atoms. The van der Waals surface area contributed by atoms with Crippen LogP contribution in [-0.2, 0) is 0 Å². The second-order valence-corrected chi connectivity index (χ2v) is 2.56. The van der Waals surface area contributed by atoms with Crippen LogP contribution < -0.4 is 0 Å². The molecule has 0 N–H and O–H groups in total. The second-order valence-electron chi connectivity index (χ2n) is 2.56. The smallest absolute Gasteiger partial charge is 0.0733 e. The van der Waals surface area contributed by atoms with Gasteiger partial charge >= 0.3 is 0 Å². The van der Waals surface area contributed by atoms with Crippen LogP contribution in [0.4, 0.5) is 0 Å². The number of hydrogen-bond acceptors (Lipinski definition) is 1. The Hall–Kier alpha value is -0.460. The Morgan fingerprint density at radius 1 is 1.57 bits per heavy atom. The number of nitrogens with zero attached hydrogens (tertiary/aromatic N) is 1. The molecule has 1 aliphatic rings. The third kappa shape index (κ3) is 0.379. The van der Waals surface area contributed by atoms with E-state index < -0.39 is 0 Å². The van der Waals surface area contributed by atoms with Crippen molar-refractivity contribution in [2.45, 2.75) is 19.4 Å². The molecule has 0 atom stereocenters. The molecule has 7 heavy (non-hydrogen) atoms. The topological polar surface area (TPSA) is 3.01 Å². The van der Waals surface area contributed by atoms with Crippen molar-refractivity contribution in [1.82, 2.24) is 4.90 Å². The molecule has 0 aliphatic carbocycles. The van der Waals surface area contributed by atoms with Crippen molar-refractivity contribution in [2.75, 3.05) is 7.05 Å². The van der Waals surface area contributed by atoms with E-state index in [9.17, 15) is 0 Å². The van der Waals surface area contributed by atoms with E-state index in [0.29, 0.717) is 5.54 Å². The Morgan fingerprint density at radius 2 is 1.71 bits per heavy atom. The number of rotatable bonds is 0. The summed E-state index contributed by atoms with van der Waals surface area (Å²) >= 11 is 0. The molecule has 1 rings (SSSR count). The molecular weight excluding hydrogens is 86.1 g/mol. The fourth-order valence-corrected chi connectivity index (χ4v) is 0.662. The summed E-state index contributed by atoms with van der Waals surface area (Å²) in [6.07, 6.45) is 0. The van der Waals surface area contributed by atoms with Crippen LogP contribution in [0.5, 0.6) is 0 Å². The maximum absolute atomic E-state index is 3.83. The van der Waals surface area contributed by atoms with Crippen LogP contribution in [0.3, 0.4) is 0 Å². The molecule has 1 fully saturated rings. The van der Waals surface area contributed by atoms with Crippen molar-refractivity contribution in [1.29, 1.82) is 0 Å². The highest BCUT2D eigenvalue weighted by Gasteiger charge is 2.43. The van der Waals surface area contributed by atoms with E-state index in [4.69, 9.17) is 0 Å². The Balaban J connectivity index is 2.70. The van der Waals surface area contributed by atoms with Crippen LogP contribution in [0.15, 0.2) is 12.3 Å². The average molecular weight is 97.2 g/mol. The van der Waals surface area contributed by atoms with Crippen molar-refractivity contribution < 1.29 is 0 Å². The van der Waals surface area contributed by atoms with Crippen LogP contribution in [-0.4, -0.2) is 17.5 Å². The summed E-state index contributed by atoms with van der Waals surface area (Å²) in [5, 5.41) is 0. The average Bonchev–Trinajstić information content (AvgIpc) is 1.91. The van der Waals surface area contributed by atoms with E-state index in [2.05, 4.69) is 32.4 Å². The van der Waals surface area contributed by atoms with Gasteiger partial charge in [-0.3, -0.25) is 0 Å². The van der Waals surface area contributed by atoms with Gasteiger partial charge in [-0.1, -0.05) is 6.58 Å². The lowest BCUT2D eigenvalue weighted by Gasteiger charge is -1.93. The lowest BCUT2D eigenvalue weighted by molar-refractivity contribution is 0.533.